The van der Waals surface area contributed by atoms with Gasteiger partial charge in [0.05, 0.1) is 13.7 Å². The average Bonchev–Trinajstić information content (AvgIpc) is 3.44. The molecule has 1 amide bonds. The van der Waals surface area contributed by atoms with Gasteiger partial charge in [0.25, 0.3) is 0 Å². The predicted molar refractivity (Wildman–Crippen MR) is 128 cm³/mol. The fourth-order valence-corrected chi connectivity index (χ4v) is 4.54. The van der Waals surface area contributed by atoms with Crippen molar-refractivity contribution >= 4 is 27.8 Å². The minimum Gasteiger partial charge on any atom is -0.497 e. The van der Waals surface area contributed by atoms with E-state index in [9.17, 15) is 4.79 Å². The molecule has 4 heterocycles. The number of nitrogens with zero attached hydrogens (tertiary/aromatic N) is 4. The normalized spacial score (nSPS) is 14.9. The molecule has 1 aromatic carbocycles. The Balaban J connectivity index is 1.42. The van der Waals surface area contributed by atoms with E-state index in [4.69, 9.17) is 9.47 Å². The standard InChI is InChI=1S/C25H29N5O3/c1-32-13-12-28-8-10-29(11-9-28)24(31)17-30-16-21(20-15-19(33-2)5-6-23(20)30)22-14-18-4-3-7-26-25(18)27-22/h3-7,14-16H,8-13,17H2,1-2H3,(H,26,27). The lowest BCUT2D eigenvalue weighted by Gasteiger charge is -2.34. The van der Waals surface area contributed by atoms with Crippen LogP contribution in [0, 0.1) is 0 Å². The monoisotopic (exact) mass is 447 g/mol. The summed E-state index contributed by atoms with van der Waals surface area (Å²) in [6.07, 6.45) is 3.84. The van der Waals surface area contributed by atoms with Crippen LogP contribution in [0.25, 0.3) is 33.2 Å². The maximum atomic E-state index is 13.2. The average molecular weight is 448 g/mol. The predicted octanol–water partition coefficient (Wildman–Crippen LogP) is 2.98. The fraction of sp³-hybridized carbons (Fsp3) is 0.360. The first kappa shape index (κ1) is 21.5. The molecule has 3 aromatic heterocycles. The summed E-state index contributed by atoms with van der Waals surface area (Å²) in [6.45, 7) is 5.19. The van der Waals surface area contributed by atoms with Crippen LogP contribution >= 0.6 is 0 Å². The zero-order chi connectivity index (χ0) is 22.8. The van der Waals surface area contributed by atoms with Crippen molar-refractivity contribution in [2.45, 2.75) is 6.54 Å². The van der Waals surface area contributed by atoms with Crippen molar-refractivity contribution in [2.24, 2.45) is 0 Å². The highest BCUT2D eigenvalue weighted by Gasteiger charge is 2.22. The Hall–Kier alpha value is -3.36. The molecule has 0 radical (unpaired) electrons. The third-order valence-corrected chi connectivity index (χ3v) is 6.41. The van der Waals surface area contributed by atoms with Crippen molar-refractivity contribution in [1.82, 2.24) is 24.3 Å². The number of benzene rings is 1. The number of amides is 1. The minimum absolute atomic E-state index is 0.138. The number of aromatic amines is 1. The topological polar surface area (TPSA) is 75.6 Å². The third kappa shape index (κ3) is 4.31. The number of fused-ring (bicyclic) bond motifs is 2. The SMILES string of the molecule is COCCN1CCN(C(=O)Cn2cc(-c3cc4cccnc4[nH]3)c3cc(OC)ccc32)CC1. The molecule has 8 nitrogen and oxygen atoms in total. The van der Waals surface area contributed by atoms with Crippen LogP contribution in [-0.4, -0.2) is 83.8 Å². The lowest BCUT2D eigenvalue weighted by Crippen LogP contribution is -2.50. The highest BCUT2D eigenvalue weighted by Crippen LogP contribution is 2.34. The van der Waals surface area contributed by atoms with Gasteiger partial charge in [0, 0.05) is 79.8 Å². The Morgan fingerprint density at radius 1 is 1.12 bits per heavy atom. The van der Waals surface area contributed by atoms with Gasteiger partial charge >= 0.3 is 0 Å². The number of rotatable bonds is 7. The molecule has 0 unspecified atom stereocenters. The second kappa shape index (κ2) is 9.25. The van der Waals surface area contributed by atoms with Gasteiger partial charge in [-0.3, -0.25) is 9.69 Å². The number of piperazine rings is 1. The van der Waals surface area contributed by atoms with Gasteiger partial charge in [0.1, 0.15) is 17.9 Å². The van der Waals surface area contributed by atoms with E-state index in [0.717, 1.165) is 78.3 Å². The van der Waals surface area contributed by atoms with Crippen LogP contribution in [0.4, 0.5) is 0 Å². The van der Waals surface area contributed by atoms with E-state index in [-0.39, 0.29) is 5.91 Å². The van der Waals surface area contributed by atoms with Crippen LogP contribution < -0.4 is 4.74 Å². The van der Waals surface area contributed by atoms with Crippen molar-refractivity contribution in [3.8, 4) is 17.0 Å². The first-order valence-corrected chi connectivity index (χ1v) is 11.3. The van der Waals surface area contributed by atoms with Crippen molar-refractivity contribution in [2.75, 3.05) is 53.6 Å². The Kier molecular flexibility index (Phi) is 6.02. The number of nitrogens with one attached hydrogen (secondary N) is 1. The summed E-state index contributed by atoms with van der Waals surface area (Å²) < 4.78 is 12.7. The number of hydrogen-bond acceptors (Lipinski definition) is 5. The Labute approximate surface area is 192 Å². The van der Waals surface area contributed by atoms with Gasteiger partial charge in [0.2, 0.25) is 5.91 Å². The first-order chi connectivity index (χ1) is 16.2. The van der Waals surface area contributed by atoms with Gasteiger partial charge in [-0.25, -0.2) is 4.98 Å². The van der Waals surface area contributed by atoms with E-state index in [1.165, 1.54) is 0 Å². The van der Waals surface area contributed by atoms with Crippen LogP contribution in [0.1, 0.15) is 0 Å². The number of hydrogen-bond donors (Lipinski definition) is 1. The van der Waals surface area contributed by atoms with Gasteiger partial charge in [-0.1, -0.05) is 0 Å². The fourth-order valence-electron chi connectivity index (χ4n) is 4.54. The molecule has 0 spiro atoms. The lowest BCUT2D eigenvalue weighted by atomic mass is 10.1. The number of pyridine rings is 1. The highest BCUT2D eigenvalue weighted by atomic mass is 16.5. The number of ether oxygens (including phenoxy) is 2. The van der Waals surface area contributed by atoms with Crippen LogP contribution in [0.2, 0.25) is 0 Å². The zero-order valence-electron chi connectivity index (χ0n) is 19.1. The summed E-state index contributed by atoms with van der Waals surface area (Å²) in [5, 5.41) is 2.09. The molecule has 1 aliphatic rings. The molecule has 5 rings (SSSR count). The number of H-pyrrole nitrogens is 1. The molecular formula is C25H29N5O3. The first-order valence-electron chi connectivity index (χ1n) is 11.3. The summed E-state index contributed by atoms with van der Waals surface area (Å²) in [5.41, 5.74) is 3.85. The number of aromatic nitrogens is 3. The van der Waals surface area contributed by atoms with Crippen molar-refractivity contribution < 1.29 is 14.3 Å². The summed E-state index contributed by atoms with van der Waals surface area (Å²) in [7, 11) is 3.39. The largest absolute Gasteiger partial charge is 0.497 e. The molecule has 0 aliphatic carbocycles. The molecule has 4 aromatic rings. The van der Waals surface area contributed by atoms with Crippen molar-refractivity contribution in [1.29, 1.82) is 0 Å². The second-order valence-corrected chi connectivity index (χ2v) is 8.39. The maximum Gasteiger partial charge on any atom is 0.242 e. The molecule has 1 saturated heterocycles. The van der Waals surface area contributed by atoms with Crippen LogP contribution in [-0.2, 0) is 16.1 Å². The van der Waals surface area contributed by atoms with Gasteiger partial charge in [-0.05, 0) is 36.4 Å². The molecule has 0 saturated carbocycles. The minimum atomic E-state index is 0.138. The van der Waals surface area contributed by atoms with Crippen LogP contribution in [0.3, 0.4) is 0 Å². The molecule has 1 N–H and O–H groups in total. The Morgan fingerprint density at radius 3 is 2.73 bits per heavy atom. The smallest absolute Gasteiger partial charge is 0.242 e. The van der Waals surface area contributed by atoms with Crippen LogP contribution in [0.15, 0.2) is 48.8 Å². The summed E-state index contributed by atoms with van der Waals surface area (Å²) in [4.78, 5) is 25.3. The molecular weight excluding hydrogens is 418 g/mol. The lowest BCUT2D eigenvalue weighted by molar-refractivity contribution is -0.133. The van der Waals surface area contributed by atoms with Crippen molar-refractivity contribution in [3.05, 3.63) is 48.8 Å². The van der Waals surface area contributed by atoms with E-state index in [0.29, 0.717) is 6.54 Å². The Bertz CT molecular complexity index is 1240. The molecule has 172 valence electrons. The number of methoxy groups -OCH3 is 2. The van der Waals surface area contributed by atoms with Gasteiger partial charge in [-0.2, -0.15) is 0 Å². The van der Waals surface area contributed by atoms with E-state index in [1.807, 2.05) is 39.8 Å². The number of carbonyl (C=O) groups is 1. The summed E-state index contributed by atoms with van der Waals surface area (Å²) in [6, 6.07) is 12.1. The van der Waals surface area contributed by atoms with Crippen LogP contribution in [0.5, 0.6) is 5.75 Å². The van der Waals surface area contributed by atoms with Gasteiger partial charge < -0.3 is 23.9 Å². The Morgan fingerprint density at radius 2 is 1.97 bits per heavy atom. The summed E-state index contributed by atoms with van der Waals surface area (Å²) >= 11 is 0. The molecule has 8 heteroatoms. The van der Waals surface area contributed by atoms with Gasteiger partial charge in [-0.15, -0.1) is 0 Å². The van der Waals surface area contributed by atoms with E-state index < -0.39 is 0 Å². The van der Waals surface area contributed by atoms with Crippen molar-refractivity contribution in [3.63, 3.8) is 0 Å². The number of carbonyl (C=O) groups excluding carboxylic acids is 1. The maximum absolute atomic E-state index is 13.2. The molecule has 1 aliphatic heterocycles. The molecule has 0 bridgehead atoms. The molecule has 0 atom stereocenters. The molecule has 1 fully saturated rings. The highest BCUT2D eigenvalue weighted by molar-refractivity contribution is 5.99. The summed E-state index contributed by atoms with van der Waals surface area (Å²) in [5.74, 6) is 0.924. The quantitative estimate of drug-likeness (QED) is 0.471. The van der Waals surface area contributed by atoms with E-state index >= 15 is 0 Å². The van der Waals surface area contributed by atoms with Gasteiger partial charge in [0.15, 0.2) is 0 Å². The van der Waals surface area contributed by atoms with E-state index in [2.05, 4.69) is 27.1 Å². The molecule has 33 heavy (non-hydrogen) atoms. The second-order valence-electron chi connectivity index (χ2n) is 8.39. The van der Waals surface area contributed by atoms with E-state index in [1.54, 1.807) is 20.4 Å². The third-order valence-electron chi connectivity index (χ3n) is 6.41. The zero-order valence-corrected chi connectivity index (χ0v) is 19.1.